The minimum atomic E-state index is 0.0834. The van der Waals surface area contributed by atoms with Crippen LogP contribution in [0.2, 0.25) is 0 Å². The minimum absolute atomic E-state index is 0.0834. The number of rotatable bonds is 3. The predicted molar refractivity (Wildman–Crippen MR) is 103 cm³/mol. The lowest BCUT2D eigenvalue weighted by atomic mass is 9.47. The van der Waals surface area contributed by atoms with Crippen molar-refractivity contribution >= 4 is 34.8 Å². The average Bonchev–Trinajstić information content (AvgIpc) is 3.04. The van der Waals surface area contributed by atoms with Crippen LogP contribution in [-0.2, 0) is 5.41 Å². The van der Waals surface area contributed by atoms with Gasteiger partial charge < -0.3 is 0 Å². The van der Waals surface area contributed by atoms with Crippen molar-refractivity contribution in [1.29, 1.82) is 0 Å². The molecule has 4 saturated carbocycles. The van der Waals surface area contributed by atoms with Gasteiger partial charge in [0.15, 0.2) is 0 Å². The van der Waals surface area contributed by atoms with Gasteiger partial charge in [-0.05, 0) is 84.9 Å². The molecule has 2 aromatic rings. The van der Waals surface area contributed by atoms with Crippen LogP contribution in [0.4, 0.5) is 5.69 Å². The third-order valence-corrected chi connectivity index (χ3v) is 7.60. The van der Waals surface area contributed by atoms with E-state index in [2.05, 4.69) is 46.8 Å². The van der Waals surface area contributed by atoms with Crippen LogP contribution >= 0.6 is 22.9 Å². The van der Waals surface area contributed by atoms with Crippen molar-refractivity contribution in [2.75, 3.05) is 0 Å². The van der Waals surface area contributed by atoms with Gasteiger partial charge in [-0.1, -0.05) is 18.2 Å². The van der Waals surface area contributed by atoms with Crippen LogP contribution in [-0.4, -0.2) is 11.1 Å². The Bertz CT molecular complexity index is 748. The second-order valence-electron chi connectivity index (χ2n) is 8.21. The van der Waals surface area contributed by atoms with Crippen LogP contribution in [0, 0.1) is 11.8 Å². The van der Waals surface area contributed by atoms with Gasteiger partial charge in [-0.15, -0.1) is 22.9 Å². The molecular formula is C21H22ClNS. The molecule has 0 amide bonds. The van der Waals surface area contributed by atoms with E-state index in [-0.39, 0.29) is 4.87 Å². The summed E-state index contributed by atoms with van der Waals surface area (Å²) in [5, 5.41) is 2.08. The van der Waals surface area contributed by atoms with Crippen molar-refractivity contribution in [3.05, 3.63) is 52.2 Å². The van der Waals surface area contributed by atoms with Crippen LogP contribution in [0.5, 0.6) is 0 Å². The monoisotopic (exact) mass is 355 g/mol. The predicted octanol–water partition coefficient (Wildman–Crippen LogP) is 6.33. The maximum Gasteiger partial charge on any atom is 0.0630 e. The molecule has 6 rings (SSSR count). The molecule has 1 aromatic carbocycles. The van der Waals surface area contributed by atoms with E-state index in [1.807, 2.05) is 6.21 Å². The topological polar surface area (TPSA) is 12.4 Å². The average molecular weight is 356 g/mol. The molecule has 0 saturated heterocycles. The van der Waals surface area contributed by atoms with Crippen molar-refractivity contribution < 1.29 is 0 Å². The Morgan fingerprint density at radius 2 is 1.79 bits per heavy atom. The van der Waals surface area contributed by atoms with Crippen molar-refractivity contribution in [3.63, 3.8) is 0 Å². The first-order valence-corrected chi connectivity index (χ1v) is 10.3. The Labute approximate surface area is 152 Å². The van der Waals surface area contributed by atoms with Gasteiger partial charge >= 0.3 is 0 Å². The molecule has 1 aromatic heterocycles. The number of thiophene rings is 1. The molecule has 0 N–H and O–H groups in total. The fourth-order valence-electron chi connectivity index (χ4n) is 5.89. The van der Waals surface area contributed by atoms with Gasteiger partial charge in [0.05, 0.1) is 5.69 Å². The summed E-state index contributed by atoms with van der Waals surface area (Å²) in [4.78, 5) is 5.89. The summed E-state index contributed by atoms with van der Waals surface area (Å²) in [5.41, 5.74) is 2.87. The lowest BCUT2D eigenvalue weighted by Crippen LogP contribution is -2.55. The number of nitrogens with zero attached hydrogens (tertiary/aromatic N) is 1. The zero-order valence-electron chi connectivity index (χ0n) is 13.7. The number of halogens is 1. The van der Waals surface area contributed by atoms with Crippen molar-refractivity contribution in [1.82, 2.24) is 0 Å². The molecule has 0 spiro atoms. The Hall–Kier alpha value is -1.12. The standard InChI is InChI=1S/C21H22ClNS/c22-21-11-15-8-16(12-21)10-20(9-15,14-21)17-3-5-18(6-4-17)23-13-19-2-1-7-24-19/h1-7,13,15-16H,8-12,14H2/t15-,16+,20?,21?. The van der Waals surface area contributed by atoms with Gasteiger partial charge in [-0.3, -0.25) is 4.99 Å². The summed E-state index contributed by atoms with van der Waals surface area (Å²) >= 11 is 8.71. The summed E-state index contributed by atoms with van der Waals surface area (Å²) < 4.78 is 0. The summed E-state index contributed by atoms with van der Waals surface area (Å²) in [6.07, 6.45) is 9.72. The largest absolute Gasteiger partial charge is 0.255 e. The first-order valence-electron chi connectivity index (χ1n) is 9.00. The maximum absolute atomic E-state index is 6.99. The van der Waals surface area contributed by atoms with Gasteiger partial charge in [0.1, 0.15) is 0 Å². The molecule has 4 bridgehead atoms. The molecule has 1 heterocycles. The zero-order valence-corrected chi connectivity index (χ0v) is 15.3. The molecule has 0 aliphatic heterocycles. The van der Waals surface area contributed by atoms with Crippen LogP contribution in [0.3, 0.4) is 0 Å². The van der Waals surface area contributed by atoms with Crippen molar-refractivity contribution in [2.24, 2.45) is 16.8 Å². The number of aliphatic imine (C=N–C) groups is 1. The second kappa shape index (κ2) is 5.44. The van der Waals surface area contributed by atoms with Crippen LogP contribution in [0.1, 0.15) is 49.0 Å². The van der Waals surface area contributed by atoms with Crippen LogP contribution < -0.4 is 0 Å². The third kappa shape index (κ3) is 2.55. The Kier molecular flexibility index (Phi) is 3.44. The highest BCUT2D eigenvalue weighted by atomic mass is 35.5. The molecule has 124 valence electrons. The molecule has 0 radical (unpaired) electrons. The minimum Gasteiger partial charge on any atom is -0.255 e. The molecule has 24 heavy (non-hydrogen) atoms. The summed E-state index contributed by atoms with van der Waals surface area (Å²) in [6.45, 7) is 0. The van der Waals surface area contributed by atoms with E-state index in [9.17, 15) is 0 Å². The molecule has 1 nitrogen and oxygen atoms in total. The number of hydrogen-bond donors (Lipinski definition) is 0. The molecule has 4 aliphatic carbocycles. The Balaban J connectivity index is 1.41. The Morgan fingerprint density at radius 3 is 2.42 bits per heavy atom. The molecule has 2 unspecified atom stereocenters. The van der Waals surface area contributed by atoms with E-state index in [0.717, 1.165) is 17.5 Å². The molecule has 4 atom stereocenters. The smallest absolute Gasteiger partial charge is 0.0630 e. The van der Waals surface area contributed by atoms with Gasteiger partial charge in [-0.2, -0.15) is 0 Å². The normalized spacial score (nSPS) is 37.4. The van der Waals surface area contributed by atoms with Gasteiger partial charge in [0, 0.05) is 16.0 Å². The zero-order chi connectivity index (χ0) is 16.2. The summed E-state index contributed by atoms with van der Waals surface area (Å²) in [5.74, 6) is 1.69. The molecular weight excluding hydrogens is 334 g/mol. The highest BCUT2D eigenvalue weighted by Gasteiger charge is 2.57. The highest BCUT2D eigenvalue weighted by molar-refractivity contribution is 7.11. The number of benzene rings is 1. The first-order chi connectivity index (χ1) is 11.6. The van der Waals surface area contributed by atoms with E-state index in [1.54, 1.807) is 11.3 Å². The quantitative estimate of drug-likeness (QED) is 0.450. The molecule has 4 fully saturated rings. The third-order valence-electron chi connectivity index (χ3n) is 6.35. The second-order valence-corrected chi connectivity index (χ2v) is 9.99. The summed E-state index contributed by atoms with van der Waals surface area (Å²) in [7, 11) is 0. The van der Waals surface area contributed by atoms with E-state index < -0.39 is 0 Å². The van der Waals surface area contributed by atoms with E-state index in [0.29, 0.717) is 5.41 Å². The van der Waals surface area contributed by atoms with Crippen molar-refractivity contribution in [2.45, 2.75) is 48.8 Å². The molecule has 3 heteroatoms. The summed E-state index contributed by atoms with van der Waals surface area (Å²) in [6, 6.07) is 13.1. The van der Waals surface area contributed by atoms with Gasteiger partial charge in [0.2, 0.25) is 0 Å². The molecule has 4 aliphatic rings. The number of hydrogen-bond acceptors (Lipinski definition) is 2. The van der Waals surface area contributed by atoms with Crippen LogP contribution in [0.15, 0.2) is 46.8 Å². The van der Waals surface area contributed by atoms with Crippen molar-refractivity contribution in [3.8, 4) is 0 Å². The Morgan fingerprint density at radius 1 is 1.04 bits per heavy atom. The van der Waals surface area contributed by atoms with Gasteiger partial charge in [-0.25, -0.2) is 0 Å². The van der Waals surface area contributed by atoms with E-state index >= 15 is 0 Å². The van der Waals surface area contributed by atoms with E-state index in [4.69, 9.17) is 11.6 Å². The van der Waals surface area contributed by atoms with Crippen LogP contribution in [0.25, 0.3) is 0 Å². The maximum atomic E-state index is 6.99. The van der Waals surface area contributed by atoms with Gasteiger partial charge in [0.25, 0.3) is 0 Å². The fraction of sp³-hybridized carbons (Fsp3) is 0.476. The lowest BCUT2D eigenvalue weighted by molar-refractivity contribution is 0.00900. The SMILES string of the molecule is ClC12C[C@H]3C[C@@H](C1)CC(c1ccc(N=Cc4cccs4)cc1)(C3)C2. The first kappa shape index (κ1) is 15.2. The highest BCUT2D eigenvalue weighted by Crippen LogP contribution is 2.64. The lowest BCUT2D eigenvalue weighted by Gasteiger charge is -2.60. The number of alkyl halides is 1. The fourth-order valence-corrected chi connectivity index (χ4v) is 7.17. The van der Waals surface area contributed by atoms with E-state index in [1.165, 1.54) is 49.0 Å².